The van der Waals surface area contributed by atoms with E-state index in [0.29, 0.717) is 29.3 Å². The maximum Gasteiger partial charge on any atom is 0.159 e. The number of piperidine rings is 1. The van der Waals surface area contributed by atoms with Crippen LogP contribution in [-0.4, -0.2) is 28.8 Å². The van der Waals surface area contributed by atoms with E-state index in [1.165, 1.54) is 44.2 Å². The zero-order valence-electron chi connectivity index (χ0n) is 15.7. The zero-order valence-corrected chi connectivity index (χ0v) is 15.7. The lowest BCUT2D eigenvalue weighted by molar-refractivity contribution is -0.118. The molecule has 26 heavy (non-hydrogen) atoms. The third kappa shape index (κ3) is 2.51. The van der Waals surface area contributed by atoms with Crippen LogP contribution in [0.4, 0.5) is 5.69 Å². The number of fused-ring (bicyclic) bond motifs is 5. The predicted molar refractivity (Wildman–Crippen MR) is 105 cm³/mol. The molecule has 2 heterocycles. The highest BCUT2D eigenvalue weighted by molar-refractivity contribution is 5.90. The first kappa shape index (κ1) is 16.4. The predicted octanol–water partition coefficient (Wildman–Crippen LogP) is 4.61. The van der Waals surface area contributed by atoms with Crippen LogP contribution in [0.1, 0.15) is 51.9 Å². The Kier molecular flexibility index (Phi) is 3.88. The third-order valence-electron chi connectivity index (χ3n) is 8.02. The fraction of sp³-hybridized carbons (Fsp3) is 0.609. The molecule has 1 N–H and O–H groups in total. The highest BCUT2D eigenvalue weighted by Gasteiger charge is 2.56. The van der Waals surface area contributed by atoms with E-state index in [1.54, 1.807) is 0 Å². The second-order valence-electron chi connectivity index (χ2n) is 9.19. The molecule has 2 aliphatic carbocycles. The van der Waals surface area contributed by atoms with Gasteiger partial charge in [0.2, 0.25) is 0 Å². The molecule has 1 saturated heterocycles. The van der Waals surface area contributed by atoms with E-state index < -0.39 is 0 Å². The zero-order chi connectivity index (χ0) is 17.7. The van der Waals surface area contributed by atoms with Crippen molar-refractivity contribution < 1.29 is 4.79 Å². The first-order valence-electron chi connectivity index (χ1n) is 10.5. The number of benzene rings is 1. The molecule has 3 nitrogen and oxygen atoms in total. The Morgan fingerprint density at radius 3 is 2.77 bits per heavy atom. The van der Waals surface area contributed by atoms with Gasteiger partial charge in [-0.25, -0.2) is 0 Å². The van der Waals surface area contributed by atoms with Gasteiger partial charge in [0, 0.05) is 36.4 Å². The van der Waals surface area contributed by atoms with E-state index in [1.807, 2.05) is 6.08 Å². The fourth-order valence-electron chi connectivity index (χ4n) is 6.72. The van der Waals surface area contributed by atoms with Gasteiger partial charge in [-0.05, 0) is 74.0 Å². The Hall–Kier alpha value is -1.77. The summed E-state index contributed by atoms with van der Waals surface area (Å²) in [5.41, 5.74) is 1.67. The number of hydrogen-bond donors (Lipinski definition) is 1. The van der Waals surface area contributed by atoms with Crippen LogP contribution in [0.5, 0.6) is 0 Å². The van der Waals surface area contributed by atoms with Crippen molar-refractivity contribution in [2.45, 2.75) is 70.0 Å². The van der Waals surface area contributed by atoms with Crippen LogP contribution in [0.15, 0.2) is 42.6 Å². The molecule has 138 valence electrons. The first-order valence-corrected chi connectivity index (χ1v) is 10.5. The summed E-state index contributed by atoms with van der Waals surface area (Å²) in [4.78, 5) is 14.4. The Bertz CT molecular complexity index is 714. The number of carbonyl (C=O) groups excluding carboxylic acids is 1. The van der Waals surface area contributed by atoms with Crippen molar-refractivity contribution in [2.75, 3.05) is 5.32 Å². The lowest BCUT2D eigenvalue weighted by Crippen LogP contribution is -2.57. The molecule has 3 heteroatoms. The van der Waals surface area contributed by atoms with Crippen molar-refractivity contribution in [3.63, 3.8) is 0 Å². The molecule has 6 atom stereocenters. The molecule has 0 aromatic heterocycles. The summed E-state index contributed by atoms with van der Waals surface area (Å²) in [6.45, 7) is 2.54. The van der Waals surface area contributed by atoms with E-state index in [0.717, 1.165) is 18.3 Å². The summed E-state index contributed by atoms with van der Waals surface area (Å²) in [7, 11) is 0. The number of hydrogen-bond acceptors (Lipinski definition) is 3. The Morgan fingerprint density at radius 1 is 1.08 bits per heavy atom. The molecule has 3 unspecified atom stereocenters. The summed E-state index contributed by atoms with van der Waals surface area (Å²) >= 11 is 0. The monoisotopic (exact) mass is 350 g/mol. The minimum absolute atomic E-state index is 0.318. The van der Waals surface area contributed by atoms with Crippen LogP contribution in [0.3, 0.4) is 0 Å². The SMILES string of the molecule is C[C@]12CCC3C(CC[C@@H]4CC(=O)C=CN34)C1CC[C@@H]2Nc1ccccc1. The van der Waals surface area contributed by atoms with Gasteiger partial charge in [-0.2, -0.15) is 0 Å². The van der Waals surface area contributed by atoms with E-state index >= 15 is 0 Å². The molecule has 3 fully saturated rings. The molecule has 4 aliphatic rings. The minimum atomic E-state index is 0.318. The van der Waals surface area contributed by atoms with Gasteiger partial charge in [0.15, 0.2) is 5.78 Å². The highest BCUT2D eigenvalue weighted by Crippen LogP contribution is 2.58. The average molecular weight is 351 g/mol. The molecule has 0 amide bonds. The Morgan fingerprint density at radius 2 is 1.92 bits per heavy atom. The Labute approximate surface area is 156 Å². The summed E-state index contributed by atoms with van der Waals surface area (Å²) in [5.74, 6) is 1.93. The van der Waals surface area contributed by atoms with Crippen LogP contribution in [-0.2, 0) is 4.79 Å². The van der Waals surface area contributed by atoms with E-state index in [-0.39, 0.29) is 0 Å². The first-order chi connectivity index (χ1) is 12.6. The van der Waals surface area contributed by atoms with Crippen molar-refractivity contribution in [1.29, 1.82) is 0 Å². The third-order valence-corrected chi connectivity index (χ3v) is 8.02. The number of para-hydroxylation sites is 1. The normalized spacial score (nSPS) is 41.3. The maximum atomic E-state index is 11.8. The smallest absolute Gasteiger partial charge is 0.159 e. The fourth-order valence-corrected chi connectivity index (χ4v) is 6.72. The summed E-state index contributed by atoms with van der Waals surface area (Å²) in [6, 6.07) is 12.5. The minimum Gasteiger partial charge on any atom is -0.382 e. The van der Waals surface area contributed by atoms with Crippen LogP contribution < -0.4 is 5.32 Å². The maximum absolute atomic E-state index is 11.8. The molecule has 2 aliphatic heterocycles. The second-order valence-corrected chi connectivity index (χ2v) is 9.19. The number of rotatable bonds is 2. The number of ketones is 1. The van der Waals surface area contributed by atoms with Crippen molar-refractivity contribution in [3.05, 3.63) is 42.6 Å². The number of allylic oxidation sites excluding steroid dienone is 1. The van der Waals surface area contributed by atoms with Crippen molar-refractivity contribution >= 4 is 11.5 Å². The second kappa shape index (κ2) is 6.14. The van der Waals surface area contributed by atoms with Gasteiger partial charge in [0.1, 0.15) is 0 Å². The van der Waals surface area contributed by atoms with Crippen LogP contribution >= 0.6 is 0 Å². The summed E-state index contributed by atoms with van der Waals surface area (Å²) in [6.07, 6.45) is 12.4. The van der Waals surface area contributed by atoms with Gasteiger partial charge in [-0.3, -0.25) is 4.79 Å². The van der Waals surface area contributed by atoms with Crippen LogP contribution in [0.2, 0.25) is 0 Å². The number of anilines is 1. The molecule has 5 rings (SSSR count). The van der Waals surface area contributed by atoms with E-state index in [9.17, 15) is 4.79 Å². The largest absolute Gasteiger partial charge is 0.382 e. The van der Waals surface area contributed by atoms with E-state index in [2.05, 4.69) is 53.7 Å². The van der Waals surface area contributed by atoms with Gasteiger partial charge in [0.05, 0.1) is 0 Å². The van der Waals surface area contributed by atoms with Crippen molar-refractivity contribution in [3.8, 4) is 0 Å². The van der Waals surface area contributed by atoms with Crippen molar-refractivity contribution in [2.24, 2.45) is 17.3 Å². The lowest BCUT2D eigenvalue weighted by atomic mass is 9.58. The van der Waals surface area contributed by atoms with Gasteiger partial charge in [-0.1, -0.05) is 25.1 Å². The molecule has 0 radical (unpaired) electrons. The van der Waals surface area contributed by atoms with Crippen LogP contribution in [0, 0.1) is 17.3 Å². The Balaban J connectivity index is 1.37. The average Bonchev–Trinajstić information content (AvgIpc) is 2.98. The molecule has 0 bridgehead atoms. The summed E-state index contributed by atoms with van der Waals surface area (Å²) in [5, 5.41) is 3.87. The van der Waals surface area contributed by atoms with Gasteiger partial charge in [0.25, 0.3) is 0 Å². The molecular formula is C23H30N2O. The molecule has 1 aromatic rings. The molecule has 1 aromatic carbocycles. The quantitative estimate of drug-likeness (QED) is 0.845. The number of nitrogens with zero attached hydrogens (tertiary/aromatic N) is 1. The topological polar surface area (TPSA) is 32.3 Å². The summed E-state index contributed by atoms with van der Waals surface area (Å²) < 4.78 is 0. The number of carbonyl (C=O) groups is 1. The van der Waals surface area contributed by atoms with Crippen LogP contribution in [0.25, 0.3) is 0 Å². The molecule has 0 spiro atoms. The standard InChI is InChI=1S/C23H30N2O/c1-23-13-11-21-19(8-7-17-15-18(26)12-14-25(17)21)20(23)9-10-22(23)24-16-5-3-2-4-6-16/h2-6,12,14,17,19-22,24H,7-11,13,15H2,1H3/t17-,19?,20?,21?,22+,23+/m1/s1. The van der Waals surface area contributed by atoms with E-state index in [4.69, 9.17) is 0 Å². The number of nitrogens with one attached hydrogen (secondary N) is 1. The molecule has 2 saturated carbocycles. The van der Waals surface area contributed by atoms with Gasteiger partial charge < -0.3 is 10.2 Å². The lowest BCUT2D eigenvalue weighted by Gasteiger charge is -2.56. The molecular weight excluding hydrogens is 320 g/mol. The highest BCUT2D eigenvalue weighted by atomic mass is 16.1. The van der Waals surface area contributed by atoms with Crippen molar-refractivity contribution in [1.82, 2.24) is 4.90 Å². The van der Waals surface area contributed by atoms with Gasteiger partial charge in [-0.15, -0.1) is 0 Å². The van der Waals surface area contributed by atoms with Gasteiger partial charge >= 0.3 is 0 Å².